The van der Waals surface area contributed by atoms with Crippen molar-refractivity contribution in [2.24, 2.45) is 16.8 Å². The van der Waals surface area contributed by atoms with E-state index in [2.05, 4.69) is 34.0 Å². The molecule has 0 aromatic carbocycles. The van der Waals surface area contributed by atoms with Crippen LogP contribution in [0.2, 0.25) is 0 Å². The number of nitrogens with zero attached hydrogens (tertiary/aromatic N) is 3. The van der Waals surface area contributed by atoms with Crippen molar-refractivity contribution in [2.75, 3.05) is 46.3 Å². The summed E-state index contributed by atoms with van der Waals surface area (Å²) in [7, 11) is 1.92. The fraction of sp³-hybridized carbons (Fsp3) is 0.941. The van der Waals surface area contributed by atoms with Crippen molar-refractivity contribution in [3.8, 4) is 0 Å². The van der Waals surface area contributed by atoms with Gasteiger partial charge < -0.3 is 15.1 Å². The molecule has 2 saturated heterocycles. The predicted octanol–water partition coefficient (Wildman–Crippen LogP) is 3.03. The summed E-state index contributed by atoms with van der Waals surface area (Å²) >= 11 is 0. The van der Waals surface area contributed by atoms with Crippen LogP contribution in [0.4, 0.5) is 0 Å². The number of hydrogen-bond donors (Lipinski definition) is 1. The third-order valence-corrected chi connectivity index (χ3v) is 4.96. The van der Waals surface area contributed by atoms with Crippen LogP contribution in [-0.2, 0) is 0 Å². The SMILES string of the molecule is CCCN1CCC(CNC(=NC)N2CCCC(C)C2)CC1.I. The minimum absolute atomic E-state index is 0. The highest BCUT2D eigenvalue weighted by atomic mass is 127. The zero-order chi connectivity index (χ0) is 15.1. The lowest BCUT2D eigenvalue weighted by atomic mass is 9.96. The van der Waals surface area contributed by atoms with Gasteiger partial charge in [0.2, 0.25) is 0 Å². The Morgan fingerprint density at radius 1 is 1.18 bits per heavy atom. The van der Waals surface area contributed by atoms with Gasteiger partial charge in [-0.05, 0) is 63.6 Å². The fourth-order valence-electron chi connectivity index (χ4n) is 3.68. The molecule has 0 spiro atoms. The molecule has 0 aliphatic carbocycles. The molecule has 2 rings (SSSR count). The fourth-order valence-corrected chi connectivity index (χ4v) is 3.68. The van der Waals surface area contributed by atoms with Crippen LogP contribution in [0.5, 0.6) is 0 Å². The summed E-state index contributed by atoms with van der Waals surface area (Å²) in [5.74, 6) is 2.74. The van der Waals surface area contributed by atoms with Crippen LogP contribution in [-0.4, -0.2) is 62.1 Å². The zero-order valence-corrected chi connectivity index (χ0v) is 17.0. The summed E-state index contributed by atoms with van der Waals surface area (Å²) < 4.78 is 0. The molecule has 2 heterocycles. The maximum atomic E-state index is 4.50. The Morgan fingerprint density at radius 2 is 1.91 bits per heavy atom. The van der Waals surface area contributed by atoms with Crippen LogP contribution in [0.15, 0.2) is 4.99 Å². The third kappa shape index (κ3) is 6.22. The molecule has 1 N–H and O–H groups in total. The molecule has 0 aromatic rings. The first-order chi connectivity index (χ1) is 10.2. The van der Waals surface area contributed by atoms with Gasteiger partial charge in [0, 0.05) is 26.7 Å². The first kappa shape index (κ1) is 20.0. The zero-order valence-electron chi connectivity index (χ0n) is 14.7. The van der Waals surface area contributed by atoms with Gasteiger partial charge >= 0.3 is 0 Å². The molecule has 0 radical (unpaired) electrons. The molecule has 0 bridgehead atoms. The maximum absolute atomic E-state index is 4.50. The van der Waals surface area contributed by atoms with Gasteiger partial charge in [0.15, 0.2) is 5.96 Å². The van der Waals surface area contributed by atoms with Gasteiger partial charge in [0.1, 0.15) is 0 Å². The Hall–Kier alpha value is -0.0400. The molecule has 130 valence electrons. The van der Waals surface area contributed by atoms with Crippen LogP contribution < -0.4 is 5.32 Å². The molecule has 1 atom stereocenters. The van der Waals surface area contributed by atoms with Crippen molar-refractivity contribution >= 4 is 29.9 Å². The van der Waals surface area contributed by atoms with E-state index in [1.165, 1.54) is 58.3 Å². The Kier molecular flexibility index (Phi) is 9.71. The van der Waals surface area contributed by atoms with E-state index < -0.39 is 0 Å². The summed E-state index contributed by atoms with van der Waals surface area (Å²) in [5.41, 5.74) is 0. The van der Waals surface area contributed by atoms with E-state index in [4.69, 9.17) is 0 Å². The molecule has 1 unspecified atom stereocenters. The lowest BCUT2D eigenvalue weighted by Crippen LogP contribution is -2.48. The number of hydrogen-bond acceptors (Lipinski definition) is 2. The monoisotopic (exact) mass is 422 g/mol. The van der Waals surface area contributed by atoms with Crippen LogP contribution in [0.1, 0.15) is 46.0 Å². The Morgan fingerprint density at radius 3 is 2.50 bits per heavy atom. The highest BCUT2D eigenvalue weighted by Crippen LogP contribution is 2.18. The van der Waals surface area contributed by atoms with Crippen LogP contribution in [0.3, 0.4) is 0 Å². The summed E-state index contributed by atoms with van der Waals surface area (Å²) in [6.07, 6.45) is 6.62. The number of guanidine groups is 1. The molecule has 0 amide bonds. The number of nitrogens with one attached hydrogen (secondary N) is 1. The van der Waals surface area contributed by atoms with Crippen LogP contribution in [0.25, 0.3) is 0 Å². The molecular formula is C17H35IN4. The highest BCUT2D eigenvalue weighted by Gasteiger charge is 2.22. The average Bonchev–Trinajstić information content (AvgIpc) is 2.50. The largest absolute Gasteiger partial charge is 0.356 e. The van der Waals surface area contributed by atoms with Crippen LogP contribution >= 0.6 is 24.0 Å². The molecule has 0 saturated carbocycles. The van der Waals surface area contributed by atoms with E-state index in [0.29, 0.717) is 0 Å². The van der Waals surface area contributed by atoms with E-state index in [-0.39, 0.29) is 24.0 Å². The van der Waals surface area contributed by atoms with Crippen molar-refractivity contribution in [3.63, 3.8) is 0 Å². The number of piperidine rings is 2. The van der Waals surface area contributed by atoms with E-state index in [1.807, 2.05) is 7.05 Å². The van der Waals surface area contributed by atoms with E-state index in [9.17, 15) is 0 Å². The Balaban J connectivity index is 0.00000242. The quantitative estimate of drug-likeness (QED) is 0.429. The first-order valence-corrected chi connectivity index (χ1v) is 8.90. The molecule has 2 fully saturated rings. The summed E-state index contributed by atoms with van der Waals surface area (Å²) in [6.45, 7) is 11.9. The molecule has 4 nitrogen and oxygen atoms in total. The second kappa shape index (κ2) is 10.7. The number of likely N-dealkylation sites (tertiary alicyclic amines) is 2. The van der Waals surface area contributed by atoms with Gasteiger partial charge in [0.05, 0.1) is 0 Å². The van der Waals surface area contributed by atoms with Gasteiger partial charge in [-0.25, -0.2) is 0 Å². The topological polar surface area (TPSA) is 30.9 Å². The molecular weight excluding hydrogens is 387 g/mol. The van der Waals surface area contributed by atoms with Gasteiger partial charge in [-0.3, -0.25) is 4.99 Å². The van der Waals surface area contributed by atoms with Gasteiger partial charge in [0.25, 0.3) is 0 Å². The van der Waals surface area contributed by atoms with E-state index in [0.717, 1.165) is 30.9 Å². The smallest absolute Gasteiger partial charge is 0.193 e. The molecule has 5 heteroatoms. The second-order valence-corrected chi connectivity index (χ2v) is 6.91. The Bertz CT molecular complexity index is 327. The van der Waals surface area contributed by atoms with E-state index >= 15 is 0 Å². The minimum Gasteiger partial charge on any atom is -0.356 e. The van der Waals surface area contributed by atoms with Crippen molar-refractivity contribution in [3.05, 3.63) is 0 Å². The van der Waals surface area contributed by atoms with Gasteiger partial charge in [-0.2, -0.15) is 0 Å². The molecule has 0 aromatic heterocycles. The van der Waals surface area contributed by atoms with Gasteiger partial charge in [-0.15, -0.1) is 24.0 Å². The standard InChI is InChI=1S/C17H34N4.HI/c1-4-9-20-11-7-16(8-12-20)13-19-17(18-3)21-10-5-6-15(2)14-21;/h15-16H,4-14H2,1-3H3,(H,18,19);1H. The lowest BCUT2D eigenvalue weighted by Gasteiger charge is -2.35. The first-order valence-electron chi connectivity index (χ1n) is 8.90. The number of halogens is 1. The van der Waals surface area contributed by atoms with Crippen molar-refractivity contribution < 1.29 is 0 Å². The normalized spacial score (nSPS) is 25.0. The number of aliphatic imine (C=N–C) groups is 1. The van der Waals surface area contributed by atoms with E-state index in [1.54, 1.807) is 0 Å². The molecule has 2 aliphatic rings. The number of rotatable bonds is 4. The summed E-state index contributed by atoms with van der Waals surface area (Å²) in [4.78, 5) is 9.55. The molecule has 22 heavy (non-hydrogen) atoms. The van der Waals surface area contributed by atoms with Crippen LogP contribution in [0, 0.1) is 11.8 Å². The summed E-state index contributed by atoms with van der Waals surface area (Å²) in [6, 6.07) is 0. The predicted molar refractivity (Wildman–Crippen MR) is 106 cm³/mol. The minimum atomic E-state index is 0. The lowest BCUT2D eigenvalue weighted by molar-refractivity contribution is 0.184. The Labute approximate surface area is 154 Å². The average molecular weight is 422 g/mol. The highest BCUT2D eigenvalue weighted by molar-refractivity contribution is 14.0. The maximum Gasteiger partial charge on any atom is 0.193 e. The molecule has 2 aliphatic heterocycles. The van der Waals surface area contributed by atoms with Crippen molar-refractivity contribution in [2.45, 2.75) is 46.0 Å². The summed E-state index contributed by atoms with van der Waals surface area (Å²) in [5, 5.41) is 3.63. The van der Waals surface area contributed by atoms with Crippen molar-refractivity contribution in [1.29, 1.82) is 0 Å². The second-order valence-electron chi connectivity index (χ2n) is 6.91. The third-order valence-electron chi connectivity index (χ3n) is 4.96. The van der Waals surface area contributed by atoms with Crippen molar-refractivity contribution in [1.82, 2.24) is 15.1 Å². The van der Waals surface area contributed by atoms with Gasteiger partial charge in [-0.1, -0.05) is 13.8 Å².